The van der Waals surface area contributed by atoms with Crippen molar-refractivity contribution >= 4 is 22.2 Å². The lowest BCUT2D eigenvalue weighted by molar-refractivity contribution is 0.568. The van der Waals surface area contributed by atoms with Crippen molar-refractivity contribution in [3.63, 3.8) is 0 Å². The van der Waals surface area contributed by atoms with Crippen LogP contribution in [0.15, 0.2) is 0 Å². The van der Waals surface area contributed by atoms with Crippen molar-refractivity contribution in [1.82, 2.24) is 19.5 Å². The van der Waals surface area contributed by atoms with Crippen LogP contribution in [-0.4, -0.2) is 36.0 Å². The largest absolute Gasteiger partial charge is 0.304 e. The molecule has 0 atom stereocenters. The molecule has 0 spiro atoms. The monoisotopic (exact) mass is 276 g/mol. The maximum atomic E-state index is 10.9. The third-order valence-corrected chi connectivity index (χ3v) is 3.69. The Morgan fingerprint density at radius 1 is 1.59 bits per heavy atom. The molecule has 6 nitrogen and oxygen atoms in total. The van der Waals surface area contributed by atoms with Crippen LogP contribution in [0.5, 0.6) is 0 Å². The number of H-pyrrole nitrogens is 1. The molecule has 0 unspecified atom stereocenters. The van der Waals surface area contributed by atoms with Crippen LogP contribution in [-0.2, 0) is 16.6 Å². The van der Waals surface area contributed by atoms with E-state index >= 15 is 0 Å². The highest BCUT2D eigenvalue weighted by molar-refractivity contribution is 7.88. The first-order valence-electron chi connectivity index (χ1n) is 5.57. The second kappa shape index (κ2) is 4.87. The minimum Gasteiger partial charge on any atom is -0.304 e. The van der Waals surface area contributed by atoms with E-state index in [-0.39, 0.29) is 0 Å². The molecule has 1 fully saturated rings. The minimum absolute atomic E-state index is 0.426. The van der Waals surface area contributed by atoms with E-state index in [1.807, 2.05) is 4.57 Å². The summed E-state index contributed by atoms with van der Waals surface area (Å²) in [6.07, 6.45) is 4.20. The van der Waals surface area contributed by atoms with Crippen LogP contribution in [0, 0.1) is 4.77 Å². The zero-order chi connectivity index (χ0) is 12.5. The molecule has 0 bridgehead atoms. The number of nitrogens with zero attached hydrogens (tertiary/aromatic N) is 2. The Hall–Kier alpha value is -0.730. The van der Waals surface area contributed by atoms with Crippen molar-refractivity contribution in [2.75, 3.05) is 12.8 Å². The number of aromatic amines is 1. The molecule has 0 saturated heterocycles. The molecule has 0 radical (unpaired) electrons. The standard InChI is InChI=1S/C9H16N4O2S2/c1-17(14,15)10-5-2-6-13-8(7-3-4-7)11-12-9(13)16/h7,10H,2-6H2,1H3,(H,12,16). The van der Waals surface area contributed by atoms with E-state index in [1.165, 1.54) is 12.8 Å². The molecular formula is C9H16N4O2S2. The molecule has 1 aliphatic rings. The maximum Gasteiger partial charge on any atom is 0.208 e. The highest BCUT2D eigenvalue weighted by Gasteiger charge is 2.28. The second-order valence-corrected chi connectivity index (χ2v) is 6.55. The Balaban J connectivity index is 1.90. The van der Waals surface area contributed by atoms with Crippen molar-refractivity contribution in [3.8, 4) is 0 Å². The highest BCUT2D eigenvalue weighted by Crippen LogP contribution is 2.38. The smallest absolute Gasteiger partial charge is 0.208 e. The zero-order valence-corrected chi connectivity index (χ0v) is 11.3. The summed E-state index contributed by atoms with van der Waals surface area (Å²) >= 11 is 5.15. The van der Waals surface area contributed by atoms with E-state index in [0.717, 1.165) is 12.1 Å². The summed E-state index contributed by atoms with van der Waals surface area (Å²) in [5, 5.41) is 7.01. The molecule has 0 aliphatic heterocycles. The number of sulfonamides is 1. The van der Waals surface area contributed by atoms with Crippen LogP contribution in [0.2, 0.25) is 0 Å². The summed E-state index contributed by atoms with van der Waals surface area (Å²) < 4.78 is 26.8. The number of hydrogen-bond donors (Lipinski definition) is 2. The van der Waals surface area contributed by atoms with Gasteiger partial charge in [0.15, 0.2) is 4.77 Å². The van der Waals surface area contributed by atoms with E-state index in [0.29, 0.717) is 30.2 Å². The van der Waals surface area contributed by atoms with Gasteiger partial charge < -0.3 is 4.57 Å². The molecule has 1 aromatic rings. The second-order valence-electron chi connectivity index (χ2n) is 4.33. The quantitative estimate of drug-likeness (QED) is 0.594. The summed E-state index contributed by atoms with van der Waals surface area (Å²) in [5.41, 5.74) is 0. The van der Waals surface area contributed by atoms with Gasteiger partial charge in [0.2, 0.25) is 10.0 Å². The number of aromatic nitrogens is 3. The van der Waals surface area contributed by atoms with Gasteiger partial charge in [-0.2, -0.15) is 5.10 Å². The molecule has 1 heterocycles. The predicted octanol–water partition coefficient (Wildman–Crippen LogP) is 0.757. The van der Waals surface area contributed by atoms with E-state index in [1.54, 1.807) is 0 Å². The molecule has 17 heavy (non-hydrogen) atoms. The van der Waals surface area contributed by atoms with Crippen molar-refractivity contribution in [3.05, 3.63) is 10.6 Å². The van der Waals surface area contributed by atoms with E-state index in [4.69, 9.17) is 12.2 Å². The summed E-state index contributed by atoms with van der Waals surface area (Å²) in [4.78, 5) is 0. The van der Waals surface area contributed by atoms with Crippen molar-refractivity contribution < 1.29 is 8.42 Å². The van der Waals surface area contributed by atoms with E-state index in [2.05, 4.69) is 14.9 Å². The average Bonchev–Trinajstić information content (AvgIpc) is 2.98. The SMILES string of the molecule is CS(=O)(=O)NCCCn1c(C2CC2)n[nH]c1=S. The maximum absolute atomic E-state index is 10.9. The molecule has 96 valence electrons. The number of rotatable bonds is 6. The predicted molar refractivity (Wildman–Crippen MR) is 66.9 cm³/mol. The molecule has 1 aromatic heterocycles. The average molecular weight is 276 g/mol. The van der Waals surface area contributed by atoms with Gasteiger partial charge in [-0.3, -0.25) is 5.10 Å². The van der Waals surface area contributed by atoms with Crippen LogP contribution >= 0.6 is 12.2 Å². The fraction of sp³-hybridized carbons (Fsp3) is 0.778. The molecule has 1 aliphatic carbocycles. The molecule has 2 rings (SSSR count). The molecule has 8 heteroatoms. The highest BCUT2D eigenvalue weighted by atomic mass is 32.2. The third kappa shape index (κ3) is 3.62. The molecule has 0 aromatic carbocycles. The van der Waals surface area contributed by atoms with E-state index in [9.17, 15) is 8.42 Å². The van der Waals surface area contributed by atoms with Crippen LogP contribution < -0.4 is 4.72 Å². The first-order valence-corrected chi connectivity index (χ1v) is 7.87. The van der Waals surface area contributed by atoms with Crippen molar-refractivity contribution in [2.24, 2.45) is 0 Å². The Bertz CT molecular complexity index is 542. The Morgan fingerprint density at radius 2 is 2.29 bits per heavy atom. The summed E-state index contributed by atoms with van der Waals surface area (Å²) in [5.74, 6) is 1.54. The lowest BCUT2D eigenvalue weighted by Crippen LogP contribution is -2.24. The van der Waals surface area contributed by atoms with Gasteiger partial charge in [-0.15, -0.1) is 0 Å². The molecular weight excluding hydrogens is 260 g/mol. The first-order chi connectivity index (χ1) is 7.97. The van der Waals surface area contributed by atoms with Gasteiger partial charge in [-0.1, -0.05) is 0 Å². The van der Waals surface area contributed by atoms with Gasteiger partial charge in [0.1, 0.15) is 5.82 Å². The van der Waals surface area contributed by atoms with E-state index < -0.39 is 10.0 Å². The normalized spacial score (nSPS) is 16.3. The van der Waals surface area contributed by atoms with Crippen LogP contribution in [0.25, 0.3) is 0 Å². The summed E-state index contributed by atoms with van der Waals surface area (Å²) in [6.45, 7) is 1.12. The van der Waals surface area contributed by atoms with Gasteiger partial charge in [0, 0.05) is 19.0 Å². The topological polar surface area (TPSA) is 79.8 Å². The fourth-order valence-corrected chi connectivity index (χ4v) is 2.44. The zero-order valence-electron chi connectivity index (χ0n) is 9.64. The van der Waals surface area contributed by atoms with Crippen molar-refractivity contribution in [1.29, 1.82) is 0 Å². The lowest BCUT2D eigenvalue weighted by atomic mass is 10.3. The minimum atomic E-state index is -3.10. The Labute approximate surface area is 105 Å². The van der Waals surface area contributed by atoms with Gasteiger partial charge in [-0.05, 0) is 31.5 Å². The molecule has 2 N–H and O–H groups in total. The molecule has 0 amide bonds. The summed E-state index contributed by atoms with van der Waals surface area (Å²) in [6, 6.07) is 0. The Kier molecular flexibility index (Phi) is 3.64. The Morgan fingerprint density at radius 3 is 2.88 bits per heavy atom. The van der Waals surface area contributed by atoms with Crippen LogP contribution in [0.3, 0.4) is 0 Å². The van der Waals surface area contributed by atoms with Gasteiger partial charge in [0.05, 0.1) is 6.26 Å². The molecule has 1 saturated carbocycles. The van der Waals surface area contributed by atoms with Gasteiger partial charge >= 0.3 is 0 Å². The van der Waals surface area contributed by atoms with Crippen LogP contribution in [0.4, 0.5) is 0 Å². The lowest BCUT2D eigenvalue weighted by Gasteiger charge is -2.06. The van der Waals surface area contributed by atoms with Gasteiger partial charge in [-0.25, -0.2) is 13.1 Å². The van der Waals surface area contributed by atoms with Gasteiger partial charge in [0.25, 0.3) is 0 Å². The number of hydrogen-bond acceptors (Lipinski definition) is 4. The third-order valence-electron chi connectivity index (χ3n) is 2.65. The van der Waals surface area contributed by atoms with Crippen molar-refractivity contribution in [2.45, 2.75) is 31.7 Å². The fourth-order valence-electron chi connectivity index (χ4n) is 1.69. The van der Waals surface area contributed by atoms with Crippen LogP contribution in [0.1, 0.15) is 31.0 Å². The first kappa shape index (κ1) is 12.7. The number of nitrogens with one attached hydrogen (secondary N) is 2. The summed E-state index contributed by atoms with van der Waals surface area (Å²) in [7, 11) is -3.10.